The van der Waals surface area contributed by atoms with E-state index >= 15 is 0 Å². The largest absolute Gasteiger partial charge is 0.359 e. The quantitative estimate of drug-likeness (QED) is 0.831. The molecule has 1 N–H and O–H groups in total. The zero-order chi connectivity index (χ0) is 13.8. The van der Waals surface area contributed by atoms with E-state index in [1.807, 2.05) is 0 Å². The highest BCUT2D eigenvalue weighted by molar-refractivity contribution is 6.31. The molecule has 1 aliphatic carbocycles. The molecule has 3 nitrogen and oxygen atoms in total. The van der Waals surface area contributed by atoms with E-state index < -0.39 is 0 Å². The molecule has 0 radical (unpaired) electrons. The van der Waals surface area contributed by atoms with Crippen molar-refractivity contribution in [3.63, 3.8) is 0 Å². The Labute approximate surface area is 121 Å². The number of nitrogens with zero attached hydrogens (tertiary/aromatic N) is 2. The molecule has 19 heavy (non-hydrogen) atoms. The highest BCUT2D eigenvalue weighted by Gasteiger charge is 2.23. The van der Waals surface area contributed by atoms with E-state index in [9.17, 15) is 0 Å². The molecule has 0 atom stereocenters. The predicted octanol–water partition coefficient (Wildman–Crippen LogP) is 3.33. The molecule has 0 bridgehead atoms. The highest BCUT2D eigenvalue weighted by Crippen LogP contribution is 2.31. The van der Waals surface area contributed by atoms with Crippen molar-refractivity contribution in [2.75, 3.05) is 25.0 Å². The summed E-state index contributed by atoms with van der Waals surface area (Å²) < 4.78 is 0. The van der Waals surface area contributed by atoms with Crippen molar-refractivity contribution >= 4 is 17.4 Å². The number of hydrogen-bond acceptors (Lipinski definition) is 3. The van der Waals surface area contributed by atoms with Crippen LogP contribution in [0, 0.1) is 11.8 Å². The van der Waals surface area contributed by atoms with Gasteiger partial charge in [0, 0.05) is 26.3 Å². The number of hydrogen-bond donors (Lipinski definition) is 1. The number of anilines is 1. The first-order chi connectivity index (χ1) is 9.06. The summed E-state index contributed by atoms with van der Waals surface area (Å²) in [6.07, 6.45) is 4.49. The van der Waals surface area contributed by atoms with Crippen LogP contribution in [0.4, 0.5) is 5.82 Å². The van der Waals surface area contributed by atoms with Crippen LogP contribution in [-0.4, -0.2) is 25.1 Å². The number of halogens is 1. The van der Waals surface area contributed by atoms with E-state index in [0.29, 0.717) is 5.92 Å². The van der Waals surface area contributed by atoms with Gasteiger partial charge in [0.05, 0.1) is 5.02 Å². The van der Waals surface area contributed by atoms with E-state index in [1.165, 1.54) is 12.8 Å². The maximum absolute atomic E-state index is 6.21. The van der Waals surface area contributed by atoms with Crippen LogP contribution in [-0.2, 0) is 6.54 Å². The third kappa shape index (κ3) is 4.66. The van der Waals surface area contributed by atoms with Gasteiger partial charge in [0.25, 0.3) is 0 Å². The van der Waals surface area contributed by atoms with Crippen LogP contribution in [0.2, 0.25) is 5.02 Å². The fraction of sp³-hybridized carbons (Fsp3) is 0.667. The Kier molecular flexibility index (Phi) is 5.06. The Hall–Kier alpha value is -0.800. The van der Waals surface area contributed by atoms with E-state index in [1.54, 1.807) is 6.20 Å². The van der Waals surface area contributed by atoms with Gasteiger partial charge in [-0.3, -0.25) is 0 Å². The van der Waals surface area contributed by atoms with Crippen LogP contribution in [0.3, 0.4) is 0 Å². The van der Waals surface area contributed by atoms with Gasteiger partial charge in [-0.05, 0) is 42.9 Å². The molecular weight excluding hydrogens is 258 g/mol. The summed E-state index contributed by atoms with van der Waals surface area (Å²) >= 11 is 6.21. The Bertz CT molecular complexity index is 416. The van der Waals surface area contributed by atoms with Gasteiger partial charge in [-0.2, -0.15) is 0 Å². The fourth-order valence-electron chi connectivity index (χ4n) is 2.09. The van der Waals surface area contributed by atoms with Crippen molar-refractivity contribution < 1.29 is 0 Å². The fourth-order valence-corrected chi connectivity index (χ4v) is 2.26. The van der Waals surface area contributed by atoms with Crippen LogP contribution >= 0.6 is 11.6 Å². The standard InChI is InChI=1S/C15H24ClN3/c1-11(2)7-17-8-13-6-15(18-9-14(13)16)19(3)10-12-4-5-12/h6,9,11-12,17H,4-5,7-8,10H2,1-3H3. The lowest BCUT2D eigenvalue weighted by atomic mass is 10.2. The molecule has 1 heterocycles. The maximum Gasteiger partial charge on any atom is 0.128 e. The van der Waals surface area contributed by atoms with Crippen LogP contribution < -0.4 is 10.2 Å². The summed E-state index contributed by atoms with van der Waals surface area (Å²) in [5, 5.41) is 4.18. The monoisotopic (exact) mass is 281 g/mol. The van der Waals surface area contributed by atoms with Gasteiger partial charge in [0.1, 0.15) is 5.82 Å². The molecule has 1 fully saturated rings. The molecule has 106 valence electrons. The molecule has 2 rings (SSSR count). The van der Waals surface area contributed by atoms with Gasteiger partial charge in [-0.1, -0.05) is 25.4 Å². The normalized spacial score (nSPS) is 15.0. The Morgan fingerprint density at radius 1 is 1.47 bits per heavy atom. The molecule has 0 saturated heterocycles. The first-order valence-corrected chi connectivity index (χ1v) is 7.50. The molecule has 0 aromatic carbocycles. The molecule has 1 aliphatic rings. The Balaban J connectivity index is 1.96. The zero-order valence-corrected chi connectivity index (χ0v) is 12.9. The van der Waals surface area contributed by atoms with E-state index in [4.69, 9.17) is 11.6 Å². The summed E-state index contributed by atoms with van der Waals surface area (Å²) in [6.45, 7) is 7.33. The van der Waals surface area contributed by atoms with Gasteiger partial charge in [0.2, 0.25) is 0 Å². The summed E-state index contributed by atoms with van der Waals surface area (Å²) in [4.78, 5) is 6.67. The summed E-state index contributed by atoms with van der Waals surface area (Å²) in [5.74, 6) is 2.54. The second-order valence-electron chi connectivity index (χ2n) is 5.98. The molecular formula is C15H24ClN3. The lowest BCUT2D eigenvalue weighted by molar-refractivity contribution is 0.552. The van der Waals surface area contributed by atoms with E-state index in [-0.39, 0.29) is 0 Å². The van der Waals surface area contributed by atoms with Crippen LogP contribution in [0.5, 0.6) is 0 Å². The predicted molar refractivity (Wildman–Crippen MR) is 81.8 cm³/mol. The lowest BCUT2D eigenvalue weighted by Gasteiger charge is -2.19. The minimum Gasteiger partial charge on any atom is -0.359 e. The van der Waals surface area contributed by atoms with E-state index in [0.717, 1.165) is 42.0 Å². The smallest absolute Gasteiger partial charge is 0.128 e. The minimum atomic E-state index is 0.651. The van der Waals surface area contributed by atoms with Gasteiger partial charge in [0.15, 0.2) is 0 Å². The molecule has 1 saturated carbocycles. The van der Waals surface area contributed by atoms with Crippen molar-refractivity contribution in [2.24, 2.45) is 11.8 Å². The van der Waals surface area contributed by atoms with Crippen molar-refractivity contribution in [2.45, 2.75) is 33.2 Å². The van der Waals surface area contributed by atoms with Gasteiger partial charge in [-0.25, -0.2) is 4.98 Å². The van der Waals surface area contributed by atoms with Crippen molar-refractivity contribution in [1.82, 2.24) is 10.3 Å². The van der Waals surface area contributed by atoms with Gasteiger partial charge < -0.3 is 10.2 Å². The third-order valence-electron chi connectivity index (χ3n) is 3.41. The molecule has 0 amide bonds. The lowest BCUT2D eigenvalue weighted by Crippen LogP contribution is -2.22. The van der Waals surface area contributed by atoms with Crippen molar-refractivity contribution in [3.05, 3.63) is 22.8 Å². The third-order valence-corrected chi connectivity index (χ3v) is 3.75. The SMILES string of the molecule is CC(C)CNCc1cc(N(C)CC2CC2)ncc1Cl. The second kappa shape index (κ2) is 6.58. The van der Waals surface area contributed by atoms with Gasteiger partial charge in [-0.15, -0.1) is 0 Å². The molecule has 1 aromatic rings. The molecule has 0 unspecified atom stereocenters. The Morgan fingerprint density at radius 2 is 2.21 bits per heavy atom. The highest BCUT2D eigenvalue weighted by atomic mass is 35.5. The Morgan fingerprint density at radius 3 is 2.84 bits per heavy atom. The van der Waals surface area contributed by atoms with Crippen molar-refractivity contribution in [3.8, 4) is 0 Å². The second-order valence-corrected chi connectivity index (χ2v) is 6.39. The van der Waals surface area contributed by atoms with E-state index in [2.05, 4.69) is 42.2 Å². The van der Waals surface area contributed by atoms with Crippen LogP contribution in [0.15, 0.2) is 12.3 Å². The first kappa shape index (κ1) is 14.6. The van der Waals surface area contributed by atoms with Crippen LogP contribution in [0.1, 0.15) is 32.3 Å². The first-order valence-electron chi connectivity index (χ1n) is 7.12. The molecule has 0 spiro atoms. The van der Waals surface area contributed by atoms with Gasteiger partial charge >= 0.3 is 0 Å². The average molecular weight is 282 g/mol. The average Bonchev–Trinajstić information content (AvgIpc) is 3.15. The summed E-state index contributed by atoms with van der Waals surface area (Å²) in [5.41, 5.74) is 1.13. The summed E-state index contributed by atoms with van der Waals surface area (Å²) in [6, 6.07) is 2.11. The molecule has 0 aliphatic heterocycles. The maximum atomic E-state index is 6.21. The van der Waals surface area contributed by atoms with Crippen molar-refractivity contribution in [1.29, 1.82) is 0 Å². The van der Waals surface area contributed by atoms with Crippen LogP contribution in [0.25, 0.3) is 0 Å². The molecule has 1 aromatic heterocycles. The number of rotatable bonds is 7. The minimum absolute atomic E-state index is 0.651. The topological polar surface area (TPSA) is 28.2 Å². The molecule has 4 heteroatoms. The number of nitrogens with one attached hydrogen (secondary N) is 1. The summed E-state index contributed by atoms with van der Waals surface area (Å²) in [7, 11) is 2.11. The zero-order valence-electron chi connectivity index (χ0n) is 12.1. The number of aromatic nitrogens is 1. The number of pyridine rings is 1.